The van der Waals surface area contributed by atoms with Crippen LogP contribution < -0.4 is 5.32 Å². The Hall–Kier alpha value is -4.38. The summed E-state index contributed by atoms with van der Waals surface area (Å²) in [5, 5.41) is 3.30. The van der Waals surface area contributed by atoms with E-state index in [0.29, 0.717) is 11.1 Å². The number of rotatable bonds is 4. The van der Waals surface area contributed by atoms with E-state index in [1.807, 2.05) is 60.7 Å². The number of nitrogens with one attached hydrogen (secondary N) is 1. The number of benzene rings is 4. The van der Waals surface area contributed by atoms with Crippen molar-refractivity contribution in [2.75, 3.05) is 5.32 Å². The molecule has 0 radical (unpaired) electrons. The van der Waals surface area contributed by atoms with Crippen molar-refractivity contribution in [2.24, 2.45) is 0 Å². The number of hydrogen-bond acceptors (Lipinski definition) is 5. The summed E-state index contributed by atoms with van der Waals surface area (Å²) in [5.41, 5.74) is 2.87. The fraction of sp³-hybridized carbons (Fsp3) is 0. The first kappa shape index (κ1) is 21.3. The second-order valence-electron chi connectivity index (χ2n) is 6.33. The van der Waals surface area contributed by atoms with Gasteiger partial charge in [-0.3, -0.25) is 0 Å². The van der Waals surface area contributed by atoms with Gasteiger partial charge in [0.05, 0.1) is 11.1 Å². The molecule has 0 unspecified atom stereocenters. The molecule has 0 saturated carbocycles. The van der Waals surface area contributed by atoms with E-state index in [2.05, 4.69) is 15.1 Å². The lowest BCUT2D eigenvalue weighted by molar-refractivity contribution is -0.187. The van der Waals surface area contributed by atoms with Gasteiger partial charge < -0.3 is 5.32 Å². The topological polar surface area (TPSA) is 64.6 Å². The number of para-hydroxylation sites is 2. The van der Waals surface area contributed by atoms with Crippen molar-refractivity contribution in [1.82, 2.24) is 0 Å². The Bertz CT molecular complexity index is 980. The molecule has 0 bridgehead atoms. The molecule has 0 heterocycles. The fourth-order valence-corrected chi connectivity index (χ4v) is 2.53. The van der Waals surface area contributed by atoms with Crippen molar-refractivity contribution >= 4 is 23.3 Å². The zero-order valence-electron chi connectivity index (χ0n) is 16.7. The quantitative estimate of drug-likeness (QED) is 0.327. The lowest BCUT2D eigenvalue weighted by Crippen LogP contribution is -2.11. The standard InChI is InChI=1S/C14H10O4.C12H11N/c15-13(11-7-3-1-4-8-11)17-18-14(16)12-9-5-2-6-10-12;1-3-7-11(8-4-1)13-12-9-5-2-6-10-12/h1-10H;1-10,13H. The SMILES string of the molecule is O=C(OOC(=O)c1ccccc1)c1ccccc1.c1ccc(Nc2ccccc2)cc1. The molecule has 0 amide bonds. The maximum atomic E-state index is 11.5. The van der Waals surface area contributed by atoms with Gasteiger partial charge in [0.15, 0.2) is 0 Å². The first-order chi connectivity index (χ1) is 15.2. The molecule has 0 atom stereocenters. The van der Waals surface area contributed by atoms with Crippen molar-refractivity contribution in [3.05, 3.63) is 132 Å². The van der Waals surface area contributed by atoms with Crippen LogP contribution in [0.15, 0.2) is 121 Å². The maximum Gasteiger partial charge on any atom is 0.386 e. The molecular weight excluding hydrogens is 390 g/mol. The molecule has 0 aliphatic rings. The third-order valence-electron chi connectivity index (χ3n) is 4.05. The van der Waals surface area contributed by atoms with Gasteiger partial charge in [-0.05, 0) is 48.5 Å². The Morgan fingerprint density at radius 1 is 0.452 bits per heavy atom. The molecule has 4 aromatic rings. The molecule has 0 saturated heterocycles. The lowest BCUT2D eigenvalue weighted by atomic mass is 10.2. The summed E-state index contributed by atoms with van der Waals surface area (Å²) in [4.78, 5) is 31.9. The van der Waals surface area contributed by atoms with Gasteiger partial charge in [0.25, 0.3) is 0 Å². The predicted molar refractivity (Wildman–Crippen MR) is 120 cm³/mol. The van der Waals surface area contributed by atoms with Gasteiger partial charge >= 0.3 is 11.9 Å². The third kappa shape index (κ3) is 7.18. The van der Waals surface area contributed by atoms with Crippen LogP contribution in [-0.2, 0) is 9.78 Å². The number of carbonyl (C=O) groups excluding carboxylic acids is 2. The molecule has 4 rings (SSSR count). The highest BCUT2D eigenvalue weighted by molar-refractivity contribution is 5.92. The van der Waals surface area contributed by atoms with E-state index < -0.39 is 11.9 Å². The van der Waals surface area contributed by atoms with Crippen molar-refractivity contribution in [3.8, 4) is 0 Å². The monoisotopic (exact) mass is 411 g/mol. The molecule has 5 nitrogen and oxygen atoms in total. The van der Waals surface area contributed by atoms with Crippen molar-refractivity contribution in [3.63, 3.8) is 0 Å². The average Bonchev–Trinajstić information content (AvgIpc) is 2.85. The van der Waals surface area contributed by atoms with Crippen molar-refractivity contribution in [2.45, 2.75) is 0 Å². The summed E-state index contributed by atoms with van der Waals surface area (Å²) in [7, 11) is 0. The van der Waals surface area contributed by atoms with E-state index in [1.54, 1.807) is 60.7 Å². The highest BCUT2D eigenvalue weighted by Gasteiger charge is 2.13. The van der Waals surface area contributed by atoms with Crippen LogP contribution in [-0.4, -0.2) is 11.9 Å². The second kappa shape index (κ2) is 11.6. The molecule has 0 spiro atoms. The second-order valence-corrected chi connectivity index (χ2v) is 6.33. The molecular formula is C26H21NO4. The molecule has 154 valence electrons. The van der Waals surface area contributed by atoms with E-state index in [0.717, 1.165) is 11.4 Å². The van der Waals surface area contributed by atoms with Gasteiger partial charge in [-0.25, -0.2) is 19.4 Å². The van der Waals surface area contributed by atoms with Crippen LogP contribution in [0.3, 0.4) is 0 Å². The Labute approximate surface area is 180 Å². The molecule has 0 aliphatic heterocycles. The van der Waals surface area contributed by atoms with Crippen LogP contribution >= 0.6 is 0 Å². The van der Waals surface area contributed by atoms with E-state index in [9.17, 15) is 9.59 Å². The van der Waals surface area contributed by atoms with E-state index >= 15 is 0 Å². The molecule has 5 heteroatoms. The number of carbonyl (C=O) groups is 2. The molecule has 4 aromatic carbocycles. The van der Waals surface area contributed by atoms with Gasteiger partial charge in [0.1, 0.15) is 0 Å². The summed E-state index contributed by atoms with van der Waals surface area (Å²) in [5.74, 6) is -1.42. The summed E-state index contributed by atoms with van der Waals surface area (Å²) >= 11 is 0. The van der Waals surface area contributed by atoms with Gasteiger partial charge in [0, 0.05) is 11.4 Å². The van der Waals surface area contributed by atoms with Gasteiger partial charge in [-0.1, -0.05) is 72.8 Å². The fourth-order valence-electron chi connectivity index (χ4n) is 2.53. The van der Waals surface area contributed by atoms with Gasteiger partial charge in [-0.15, -0.1) is 0 Å². The lowest BCUT2D eigenvalue weighted by Gasteiger charge is -2.04. The van der Waals surface area contributed by atoms with Gasteiger partial charge in [0.2, 0.25) is 0 Å². The molecule has 0 aliphatic carbocycles. The van der Waals surface area contributed by atoms with Crippen LogP contribution in [0.25, 0.3) is 0 Å². The summed E-state index contributed by atoms with van der Waals surface area (Å²) in [6.45, 7) is 0. The van der Waals surface area contributed by atoms with Crippen LogP contribution in [0.5, 0.6) is 0 Å². The summed E-state index contributed by atoms with van der Waals surface area (Å²) in [6, 6.07) is 36.9. The molecule has 31 heavy (non-hydrogen) atoms. The van der Waals surface area contributed by atoms with Crippen LogP contribution in [0.4, 0.5) is 11.4 Å². The Kier molecular flexibility index (Phi) is 7.97. The van der Waals surface area contributed by atoms with E-state index in [1.165, 1.54) is 0 Å². The first-order valence-electron chi connectivity index (χ1n) is 9.63. The Morgan fingerprint density at radius 3 is 1.06 bits per heavy atom. The number of anilines is 2. The minimum Gasteiger partial charge on any atom is -0.356 e. The zero-order chi connectivity index (χ0) is 21.7. The van der Waals surface area contributed by atoms with Crippen LogP contribution in [0, 0.1) is 0 Å². The van der Waals surface area contributed by atoms with E-state index in [-0.39, 0.29) is 0 Å². The molecule has 1 N–H and O–H groups in total. The first-order valence-corrected chi connectivity index (χ1v) is 9.63. The Morgan fingerprint density at radius 2 is 0.742 bits per heavy atom. The average molecular weight is 411 g/mol. The highest BCUT2D eigenvalue weighted by atomic mass is 17.2. The van der Waals surface area contributed by atoms with Crippen molar-refractivity contribution < 1.29 is 19.4 Å². The summed E-state index contributed by atoms with van der Waals surface area (Å²) < 4.78 is 0. The minimum atomic E-state index is -0.708. The van der Waals surface area contributed by atoms with Gasteiger partial charge in [-0.2, -0.15) is 0 Å². The highest BCUT2D eigenvalue weighted by Crippen LogP contribution is 2.14. The predicted octanol–water partition coefficient (Wildman–Crippen LogP) is 6.05. The number of hydrogen-bond donors (Lipinski definition) is 1. The van der Waals surface area contributed by atoms with Crippen molar-refractivity contribution in [1.29, 1.82) is 0 Å². The molecule has 0 aromatic heterocycles. The van der Waals surface area contributed by atoms with Crippen LogP contribution in [0.1, 0.15) is 20.7 Å². The Balaban J connectivity index is 0.000000185. The van der Waals surface area contributed by atoms with E-state index in [4.69, 9.17) is 0 Å². The normalized spacial score (nSPS) is 9.55. The maximum absolute atomic E-state index is 11.5. The largest absolute Gasteiger partial charge is 0.386 e. The minimum absolute atomic E-state index is 0.318. The zero-order valence-corrected chi connectivity index (χ0v) is 16.7. The third-order valence-corrected chi connectivity index (χ3v) is 4.05. The summed E-state index contributed by atoms with van der Waals surface area (Å²) in [6.07, 6.45) is 0. The van der Waals surface area contributed by atoms with Crippen LogP contribution in [0.2, 0.25) is 0 Å². The molecule has 0 fully saturated rings. The smallest absolute Gasteiger partial charge is 0.356 e.